The lowest BCUT2D eigenvalue weighted by Gasteiger charge is -2.15. The number of hydrogen-bond acceptors (Lipinski definition) is 4. The van der Waals surface area contributed by atoms with Crippen molar-refractivity contribution in [2.24, 2.45) is 0 Å². The van der Waals surface area contributed by atoms with E-state index < -0.39 is 0 Å². The third kappa shape index (κ3) is 3.58. The first-order chi connectivity index (χ1) is 9.10. The van der Waals surface area contributed by atoms with Gasteiger partial charge in [0.05, 0.1) is 18.8 Å². The third-order valence-corrected chi connectivity index (χ3v) is 3.98. The van der Waals surface area contributed by atoms with Crippen molar-refractivity contribution in [1.29, 1.82) is 0 Å². The molecule has 0 fully saturated rings. The number of nitrogens with zero attached hydrogens (tertiary/aromatic N) is 2. The number of imidazole rings is 1. The molecular weight excluding hydrogens is 258 g/mol. The van der Waals surface area contributed by atoms with Gasteiger partial charge in [0.25, 0.3) is 0 Å². The summed E-state index contributed by atoms with van der Waals surface area (Å²) in [7, 11) is 1.71. The molecule has 0 saturated carbocycles. The maximum atomic E-state index is 5.15. The van der Waals surface area contributed by atoms with Crippen LogP contribution in [0.4, 0.5) is 5.95 Å². The largest absolute Gasteiger partial charge is 0.383 e. The Morgan fingerprint density at radius 3 is 2.89 bits per heavy atom. The van der Waals surface area contributed by atoms with E-state index in [2.05, 4.69) is 46.4 Å². The van der Waals surface area contributed by atoms with Crippen LogP contribution in [0, 0.1) is 13.8 Å². The van der Waals surface area contributed by atoms with Crippen molar-refractivity contribution in [3.63, 3.8) is 0 Å². The van der Waals surface area contributed by atoms with E-state index in [0.29, 0.717) is 6.61 Å². The van der Waals surface area contributed by atoms with Gasteiger partial charge in [-0.25, -0.2) is 4.98 Å². The van der Waals surface area contributed by atoms with E-state index >= 15 is 0 Å². The lowest BCUT2D eigenvalue weighted by molar-refractivity contribution is 0.190. The van der Waals surface area contributed by atoms with Gasteiger partial charge >= 0.3 is 0 Å². The van der Waals surface area contributed by atoms with Crippen LogP contribution < -0.4 is 5.32 Å². The summed E-state index contributed by atoms with van der Waals surface area (Å²) in [5.41, 5.74) is 2.37. The van der Waals surface area contributed by atoms with Crippen LogP contribution in [-0.4, -0.2) is 29.3 Å². The molecule has 0 bridgehead atoms. The normalized spacial score (nSPS) is 12.6. The van der Waals surface area contributed by atoms with Crippen molar-refractivity contribution in [2.75, 3.05) is 19.0 Å². The first-order valence-electron chi connectivity index (χ1n) is 6.42. The number of nitrogens with one attached hydrogen (secondary N) is 1. The van der Waals surface area contributed by atoms with Crippen molar-refractivity contribution < 1.29 is 4.74 Å². The second-order valence-corrected chi connectivity index (χ2v) is 5.86. The molecule has 5 heteroatoms. The topological polar surface area (TPSA) is 39.1 Å². The zero-order valence-corrected chi connectivity index (χ0v) is 12.8. The summed E-state index contributed by atoms with van der Waals surface area (Å²) in [4.78, 5) is 5.92. The fourth-order valence-electron chi connectivity index (χ4n) is 2.02. The number of aryl methyl sites for hydroxylation is 2. The summed E-state index contributed by atoms with van der Waals surface area (Å²) in [6.45, 7) is 7.80. The van der Waals surface area contributed by atoms with Crippen LogP contribution in [-0.2, 0) is 11.3 Å². The predicted molar refractivity (Wildman–Crippen MR) is 80.1 cm³/mol. The second kappa shape index (κ2) is 6.21. The van der Waals surface area contributed by atoms with Crippen molar-refractivity contribution in [2.45, 2.75) is 33.4 Å². The minimum atomic E-state index is 0.245. The number of methoxy groups -OCH3 is 1. The Balaban J connectivity index is 2.14. The highest BCUT2D eigenvalue weighted by Crippen LogP contribution is 2.20. The van der Waals surface area contributed by atoms with Gasteiger partial charge in [0, 0.05) is 24.2 Å². The molecule has 104 valence electrons. The molecule has 19 heavy (non-hydrogen) atoms. The molecule has 0 aliphatic heterocycles. The minimum Gasteiger partial charge on any atom is -0.383 e. The van der Waals surface area contributed by atoms with Crippen LogP contribution in [0.3, 0.4) is 0 Å². The smallest absolute Gasteiger partial charge is 0.203 e. The summed E-state index contributed by atoms with van der Waals surface area (Å²) in [6, 6.07) is 2.40. The van der Waals surface area contributed by atoms with Crippen LogP contribution in [0.15, 0.2) is 17.6 Å². The SMILES string of the molecule is COCC(C)Nc1nc(C)cn1Cc1sccc1C. The Kier molecular flexibility index (Phi) is 4.61. The number of ether oxygens (including phenoxy) is 1. The zero-order chi connectivity index (χ0) is 13.8. The minimum absolute atomic E-state index is 0.245. The Bertz CT molecular complexity index is 533. The average Bonchev–Trinajstić information content (AvgIpc) is 2.88. The summed E-state index contributed by atoms with van der Waals surface area (Å²) >= 11 is 1.79. The zero-order valence-electron chi connectivity index (χ0n) is 11.9. The standard InChI is InChI=1S/C14H21N3OS/c1-10-5-6-19-13(10)8-17-7-11(2)15-14(17)16-12(3)9-18-4/h5-7,12H,8-9H2,1-4H3,(H,15,16). The highest BCUT2D eigenvalue weighted by atomic mass is 32.1. The quantitative estimate of drug-likeness (QED) is 0.883. The van der Waals surface area contributed by atoms with E-state index in [-0.39, 0.29) is 6.04 Å². The first-order valence-corrected chi connectivity index (χ1v) is 7.30. The third-order valence-electron chi connectivity index (χ3n) is 2.97. The summed E-state index contributed by atoms with van der Waals surface area (Å²) in [5.74, 6) is 0.912. The highest BCUT2D eigenvalue weighted by molar-refractivity contribution is 7.10. The molecule has 0 saturated heterocycles. The Morgan fingerprint density at radius 1 is 1.47 bits per heavy atom. The molecule has 2 heterocycles. The van der Waals surface area contributed by atoms with Crippen LogP contribution in [0.25, 0.3) is 0 Å². The van der Waals surface area contributed by atoms with Crippen molar-refractivity contribution in [1.82, 2.24) is 9.55 Å². The molecule has 4 nitrogen and oxygen atoms in total. The fourth-order valence-corrected chi connectivity index (χ4v) is 2.92. The Morgan fingerprint density at radius 2 is 2.26 bits per heavy atom. The van der Waals surface area contributed by atoms with E-state index in [1.54, 1.807) is 18.4 Å². The van der Waals surface area contributed by atoms with Gasteiger partial charge in [-0.15, -0.1) is 11.3 Å². The molecule has 0 spiro atoms. The molecule has 0 radical (unpaired) electrons. The molecule has 1 atom stereocenters. The lowest BCUT2D eigenvalue weighted by atomic mass is 10.3. The van der Waals surface area contributed by atoms with Gasteiger partial charge in [0.1, 0.15) is 0 Å². The van der Waals surface area contributed by atoms with Crippen molar-refractivity contribution in [3.05, 3.63) is 33.8 Å². The summed E-state index contributed by atoms with van der Waals surface area (Å²) in [6.07, 6.45) is 2.08. The van der Waals surface area contributed by atoms with Crippen molar-refractivity contribution >= 4 is 17.3 Å². The van der Waals surface area contributed by atoms with Gasteiger partial charge in [0.2, 0.25) is 5.95 Å². The monoisotopic (exact) mass is 279 g/mol. The van der Waals surface area contributed by atoms with E-state index in [4.69, 9.17) is 4.74 Å². The fraction of sp³-hybridized carbons (Fsp3) is 0.500. The number of rotatable bonds is 6. The van der Waals surface area contributed by atoms with E-state index in [1.807, 2.05) is 6.92 Å². The van der Waals surface area contributed by atoms with Gasteiger partial charge in [-0.1, -0.05) is 0 Å². The molecule has 2 rings (SSSR count). The number of hydrogen-bond donors (Lipinski definition) is 1. The molecule has 2 aromatic rings. The van der Waals surface area contributed by atoms with Gasteiger partial charge < -0.3 is 14.6 Å². The Hall–Kier alpha value is -1.33. The van der Waals surface area contributed by atoms with Crippen molar-refractivity contribution in [3.8, 4) is 0 Å². The molecule has 0 aliphatic rings. The summed E-state index contributed by atoms with van der Waals surface area (Å²) in [5, 5.41) is 5.53. The van der Waals surface area contributed by atoms with Gasteiger partial charge in [-0.3, -0.25) is 0 Å². The summed E-state index contributed by atoms with van der Waals surface area (Å²) < 4.78 is 7.32. The first kappa shape index (κ1) is 14.1. The van der Waals surface area contributed by atoms with Gasteiger partial charge in [-0.05, 0) is 37.8 Å². The van der Waals surface area contributed by atoms with E-state index in [1.165, 1.54) is 10.4 Å². The van der Waals surface area contributed by atoms with Gasteiger partial charge in [0.15, 0.2) is 0 Å². The van der Waals surface area contributed by atoms with E-state index in [0.717, 1.165) is 18.2 Å². The molecular formula is C14H21N3OS. The lowest BCUT2D eigenvalue weighted by Crippen LogP contribution is -2.23. The second-order valence-electron chi connectivity index (χ2n) is 4.86. The maximum absolute atomic E-state index is 5.15. The number of aromatic nitrogens is 2. The molecule has 1 unspecified atom stereocenters. The predicted octanol–water partition coefficient (Wildman–Crippen LogP) is 3.06. The molecule has 2 aromatic heterocycles. The van der Waals surface area contributed by atoms with Crippen LogP contribution in [0.2, 0.25) is 0 Å². The van der Waals surface area contributed by atoms with Crippen LogP contribution in [0.5, 0.6) is 0 Å². The molecule has 1 N–H and O–H groups in total. The molecule has 0 amide bonds. The van der Waals surface area contributed by atoms with Crippen LogP contribution in [0.1, 0.15) is 23.1 Å². The average molecular weight is 279 g/mol. The number of thiophene rings is 1. The van der Waals surface area contributed by atoms with E-state index in [9.17, 15) is 0 Å². The molecule has 0 aromatic carbocycles. The molecule has 0 aliphatic carbocycles. The highest BCUT2D eigenvalue weighted by Gasteiger charge is 2.10. The Labute approximate surface area is 118 Å². The van der Waals surface area contributed by atoms with Crippen LogP contribution >= 0.6 is 11.3 Å². The van der Waals surface area contributed by atoms with Gasteiger partial charge in [-0.2, -0.15) is 0 Å². The number of anilines is 1. The maximum Gasteiger partial charge on any atom is 0.203 e.